The van der Waals surface area contributed by atoms with E-state index in [4.69, 9.17) is 4.74 Å². The van der Waals surface area contributed by atoms with Gasteiger partial charge >= 0.3 is 0 Å². The van der Waals surface area contributed by atoms with E-state index in [2.05, 4.69) is 41.5 Å². The summed E-state index contributed by atoms with van der Waals surface area (Å²) >= 11 is 4.87. The number of fused-ring (bicyclic) bond motifs is 2. The molecule has 0 N–H and O–H groups in total. The average molecular weight is 442 g/mol. The van der Waals surface area contributed by atoms with Crippen LogP contribution in [0.15, 0.2) is 53.0 Å². The van der Waals surface area contributed by atoms with Gasteiger partial charge < -0.3 is 4.74 Å². The first-order chi connectivity index (χ1) is 13.3. The van der Waals surface area contributed by atoms with Crippen molar-refractivity contribution in [3.63, 3.8) is 0 Å². The van der Waals surface area contributed by atoms with Gasteiger partial charge in [0.05, 0.1) is 5.52 Å². The average Bonchev–Trinajstić information content (AvgIpc) is 3.37. The van der Waals surface area contributed by atoms with Crippen LogP contribution in [0.4, 0.5) is 0 Å². The Morgan fingerprint density at radius 1 is 1.00 bits per heavy atom. The molecule has 8 nitrogen and oxygen atoms in total. The van der Waals surface area contributed by atoms with Crippen LogP contribution in [0.2, 0.25) is 0 Å². The predicted octanol–water partition coefficient (Wildman–Crippen LogP) is 3.32. The third-order valence-corrected chi connectivity index (χ3v) is 5.39. The second-order valence-corrected chi connectivity index (χ2v) is 7.74. The van der Waals surface area contributed by atoms with E-state index < -0.39 is 0 Å². The maximum absolute atomic E-state index is 5.79. The summed E-state index contributed by atoms with van der Waals surface area (Å²) in [6.45, 7) is 0.819. The first kappa shape index (κ1) is 16.3. The second-order valence-electron chi connectivity index (χ2n) is 5.78. The molecule has 0 unspecified atom stereocenters. The van der Waals surface area contributed by atoms with Gasteiger partial charge in [0, 0.05) is 4.47 Å². The zero-order valence-electron chi connectivity index (χ0n) is 13.9. The largest absolute Gasteiger partial charge is 0.486 e. The van der Waals surface area contributed by atoms with E-state index in [1.807, 2.05) is 48.5 Å². The highest BCUT2D eigenvalue weighted by molar-refractivity contribution is 9.10. The summed E-state index contributed by atoms with van der Waals surface area (Å²) in [7, 11) is 0. The maximum Gasteiger partial charge on any atom is 0.234 e. The van der Waals surface area contributed by atoms with Crippen LogP contribution in [-0.4, -0.2) is 34.8 Å². The minimum atomic E-state index is 0.376. The fraction of sp³-hybridized carbons (Fsp3) is 0.118. The lowest BCUT2D eigenvalue weighted by Gasteiger charge is -2.03. The SMILES string of the molecule is Brc1ccc(OCc2nn3c(Cn4nnc5ccccc54)nnc3s2)cc1. The Morgan fingerprint density at radius 2 is 1.85 bits per heavy atom. The molecule has 134 valence electrons. The lowest BCUT2D eigenvalue weighted by Crippen LogP contribution is -2.07. The molecule has 0 fully saturated rings. The quantitative estimate of drug-likeness (QED) is 0.415. The van der Waals surface area contributed by atoms with E-state index >= 15 is 0 Å². The van der Waals surface area contributed by atoms with Gasteiger partial charge in [-0.05, 0) is 36.4 Å². The predicted molar refractivity (Wildman–Crippen MR) is 104 cm³/mol. The Hall–Kier alpha value is -2.85. The lowest BCUT2D eigenvalue weighted by molar-refractivity contribution is 0.304. The molecule has 5 aromatic rings. The molecule has 0 saturated carbocycles. The smallest absolute Gasteiger partial charge is 0.234 e. The molecule has 0 bridgehead atoms. The Kier molecular flexibility index (Phi) is 4.06. The van der Waals surface area contributed by atoms with Gasteiger partial charge in [-0.1, -0.05) is 44.6 Å². The minimum absolute atomic E-state index is 0.376. The van der Waals surface area contributed by atoms with Crippen molar-refractivity contribution < 1.29 is 4.74 Å². The van der Waals surface area contributed by atoms with E-state index in [1.54, 1.807) is 9.20 Å². The number of hydrogen-bond donors (Lipinski definition) is 0. The van der Waals surface area contributed by atoms with Gasteiger partial charge in [-0.3, -0.25) is 0 Å². The van der Waals surface area contributed by atoms with Crippen LogP contribution in [-0.2, 0) is 13.2 Å². The van der Waals surface area contributed by atoms with Crippen molar-refractivity contribution in [2.75, 3.05) is 0 Å². The molecule has 10 heteroatoms. The summed E-state index contributed by atoms with van der Waals surface area (Å²) in [5, 5.41) is 22.2. The summed E-state index contributed by atoms with van der Waals surface area (Å²) < 4.78 is 10.3. The van der Waals surface area contributed by atoms with Crippen LogP contribution in [0.5, 0.6) is 5.75 Å². The molecular formula is C17H12BrN7OS. The summed E-state index contributed by atoms with van der Waals surface area (Å²) in [4.78, 5) is 0.726. The molecule has 2 aromatic carbocycles. The molecule has 0 aliphatic carbocycles. The van der Waals surface area contributed by atoms with Gasteiger partial charge in [-0.2, -0.15) is 9.61 Å². The van der Waals surface area contributed by atoms with Crippen molar-refractivity contribution >= 4 is 43.3 Å². The minimum Gasteiger partial charge on any atom is -0.486 e. The summed E-state index contributed by atoms with van der Waals surface area (Å²) in [6.07, 6.45) is 0. The lowest BCUT2D eigenvalue weighted by atomic mass is 10.3. The Balaban J connectivity index is 1.37. The molecule has 0 amide bonds. The van der Waals surface area contributed by atoms with Crippen molar-refractivity contribution in [2.45, 2.75) is 13.2 Å². The van der Waals surface area contributed by atoms with Crippen LogP contribution >= 0.6 is 27.3 Å². The number of aromatic nitrogens is 7. The van der Waals surface area contributed by atoms with E-state index in [0.29, 0.717) is 19.0 Å². The molecule has 0 radical (unpaired) electrons. The summed E-state index contributed by atoms with van der Waals surface area (Å²) in [5.41, 5.74) is 1.79. The number of nitrogens with zero attached hydrogens (tertiary/aromatic N) is 7. The molecule has 0 aliphatic heterocycles. The summed E-state index contributed by atoms with van der Waals surface area (Å²) in [5.74, 6) is 1.49. The number of rotatable bonds is 5. The second kappa shape index (κ2) is 6.71. The third kappa shape index (κ3) is 3.17. The molecule has 0 aliphatic rings. The van der Waals surface area contributed by atoms with Crippen molar-refractivity contribution in [2.24, 2.45) is 0 Å². The molecule has 0 saturated heterocycles. The number of hydrogen-bond acceptors (Lipinski definition) is 7. The van der Waals surface area contributed by atoms with Gasteiger partial charge in [0.2, 0.25) is 4.96 Å². The van der Waals surface area contributed by atoms with E-state index in [1.165, 1.54) is 11.3 Å². The van der Waals surface area contributed by atoms with E-state index in [-0.39, 0.29) is 0 Å². The van der Waals surface area contributed by atoms with Gasteiger partial charge in [0.15, 0.2) is 10.8 Å². The first-order valence-electron chi connectivity index (χ1n) is 8.13. The highest BCUT2D eigenvalue weighted by Gasteiger charge is 2.14. The van der Waals surface area contributed by atoms with Gasteiger partial charge in [-0.15, -0.1) is 15.3 Å². The molecule has 27 heavy (non-hydrogen) atoms. The summed E-state index contributed by atoms with van der Waals surface area (Å²) in [6, 6.07) is 15.5. The zero-order valence-corrected chi connectivity index (χ0v) is 16.3. The topological polar surface area (TPSA) is 83.0 Å². The fourth-order valence-electron chi connectivity index (χ4n) is 2.70. The van der Waals surface area contributed by atoms with Crippen LogP contribution in [0.3, 0.4) is 0 Å². The Bertz CT molecular complexity index is 1230. The van der Waals surface area contributed by atoms with Crippen LogP contribution in [0.25, 0.3) is 16.0 Å². The monoisotopic (exact) mass is 441 g/mol. The molecular weight excluding hydrogens is 430 g/mol. The van der Waals surface area contributed by atoms with Crippen molar-refractivity contribution in [3.8, 4) is 5.75 Å². The molecule has 0 spiro atoms. The molecule has 3 aromatic heterocycles. The zero-order chi connectivity index (χ0) is 18.2. The fourth-order valence-corrected chi connectivity index (χ4v) is 3.73. The third-order valence-electron chi connectivity index (χ3n) is 3.98. The van der Waals surface area contributed by atoms with Crippen LogP contribution in [0.1, 0.15) is 10.8 Å². The van der Waals surface area contributed by atoms with Crippen LogP contribution < -0.4 is 4.74 Å². The highest BCUT2D eigenvalue weighted by Crippen LogP contribution is 2.20. The molecule has 3 heterocycles. The van der Waals surface area contributed by atoms with E-state index in [0.717, 1.165) is 31.2 Å². The Morgan fingerprint density at radius 3 is 2.74 bits per heavy atom. The van der Waals surface area contributed by atoms with Crippen LogP contribution in [0, 0.1) is 0 Å². The van der Waals surface area contributed by atoms with Crippen molar-refractivity contribution in [1.82, 2.24) is 34.8 Å². The van der Waals surface area contributed by atoms with Gasteiger partial charge in [0.25, 0.3) is 0 Å². The van der Waals surface area contributed by atoms with Gasteiger partial charge in [-0.25, -0.2) is 4.68 Å². The standard InChI is InChI=1S/C17H12BrN7OS/c18-11-5-7-12(8-6-11)26-10-16-22-25-15(20-21-17(25)27-16)9-24-14-4-2-1-3-13(14)19-23-24/h1-8H,9-10H2. The highest BCUT2D eigenvalue weighted by atomic mass is 79.9. The number of halogens is 1. The Labute approximate surface area is 165 Å². The van der Waals surface area contributed by atoms with Crippen molar-refractivity contribution in [3.05, 3.63) is 63.8 Å². The van der Waals surface area contributed by atoms with E-state index in [9.17, 15) is 0 Å². The number of para-hydroxylation sites is 1. The molecule has 5 rings (SSSR count). The first-order valence-corrected chi connectivity index (χ1v) is 9.74. The molecule has 0 atom stereocenters. The normalized spacial score (nSPS) is 11.4. The van der Waals surface area contributed by atoms with Gasteiger partial charge in [0.1, 0.15) is 24.4 Å². The van der Waals surface area contributed by atoms with Crippen molar-refractivity contribution in [1.29, 1.82) is 0 Å². The number of ether oxygens (including phenoxy) is 1. The number of benzene rings is 2. The maximum atomic E-state index is 5.79.